The fourth-order valence-corrected chi connectivity index (χ4v) is 3.97. The number of thiocarbonyl (C=S) groups is 1. The molecule has 35 heavy (non-hydrogen) atoms. The first kappa shape index (κ1) is 24.4. The molecule has 178 valence electrons. The Bertz CT molecular complexity index is 1430. The van der Waals surface area contributed by atoms with Crippen molar-refractivity contribution in [3.63, 3.8) is 0 Å². The van der Waals surface area contributed by atoms with E-state index in [1.165, 1.54) is 26.4 Å². The molecule has 0 saturated carbocycles. The number of fused-ring (bicyclic) bond motifs is 1. The number of rotatable bonds is 6. The van der Waals surface area contributed by atoms with Crippen LogP contribution in [0.3, 0.4) is 0 Å². The van der Waals surface area contributed by atoms with Crippen LogP contribution in [0, 0.1) is 5.82 Å². The van der Waals surface area contributed by atoms with Crippen molar-refractivity contribution < 1.29 is 23.4 Å². The Balaban J connectivity index is 1.50. The van der Waals surface area contributed by atoms with Crippen LogP contribution in [0.25, 0.3) is 10.9 Å². The predicted molar refractivity (Wildman–Crippen MR) is 139 cm³/mol. The molecule has 0 fully saturated rings. The highest BCUT2D eigenvalue weighted by Gasteiger charge is 2.15. The van der Waals surface area contributed by atoms with Crippen molar-refractivity contribution >= 4 is 55.8 Å². The number of anilines is 1. The number of hydrogen-bond donors (Lipinski definition) is 2. The van der Waals surface area contributed by atoms with E-state index in [0.717, 1.165) is 0 Å². The summed E-state index contributed by atoms with van der Waals surface area (Å²) in [5.41, 5.74) is 1.37. The molecule has 10 heteroatoms. The maximum atomic E-state index is 14.9. The number of hydrogen-bond acceptors (Lipinski definition) is 6. The lowest BCUT2D eigenvalue weighted by molar-refractivity contribution is 0.0977. The molecule has 0 aliphatic heterocycles. The van der Waals surface area contributed by atoms with E-state index in [9.17, 15) is 9.18 Å². The summed E-state index contributed by atoms with van der Waals surface area (Å²) in [7, 11) is 3.06. The summed E-state index contributed by atoms with van der Waals surface area (Å²) in [4.78, 5) is 16.7. The van der Waals surface area contributed by atoms with Gasteiger partial charge in [0.2, 0.25) is 0 Å². The first-order chi connectivity index (χ1) is 16.9. The van der Waals surface area contributed by atoms with Crippen molar-refractivity contribution in [1.82, 2.24) is 10.3 Å². The number of nitrogens with one attached hydrogen (secondary N) is 2. The number of halogens is 2. The third-order valence-corrected chi connectivity index (χ3v) is 5.86. The van der Waals surface area contributed by atoms with Gasteiger partial charge in [0.15, 0.2) is 28.2 Å². The molecule has 0 spiro atoms. The first-order valence-corrected chi connectivity index (χ1v) is 11.4. The van der Waals surface area contributed by atoms with Gasteiger partial charge in [-0.05, 0) is 64.5 Å². The monoisotopic (exact) mass is 555 g/mol. The van der Waals surface area contributed by atoms with Crippen molar-refractivity contribution in [1.29, 1.82) is 0 Å². The highest BCUT2D eigenvalue weighted by molar-refractivity contribution is 9.10. The van der Waals surface area contributed by atoms with Crippen LogP contribution in [-0.4, -0.2) is 30.2 Å². The largest absolute Gasteiger partial charge is 0.493 e. The molecular weight excluding hydrogens is 537 g/mol. The van der Waals surface area contributed by atoms with Crippen LogP contribution in [0.5, 0.6) is 23.0 Å². The van der Waals surface area contributed by atoms with Gasteiger partial charge >= 0.3 is 0 Å². The molecule has 1 heterocycles. The van der Waals surface area contributed by atoms with Crippen molar-refractivity contribution in [3.05, 3.63) is 82.7 Å². The normalized spacial score (nSPS) is 10.5. The van der Waals surface area contributed by atoms with Crippen LogP contribution >= 0.6 is 28.1 Å². The van der Waals surface area contributed by atoms with Gasteiger partial charge in [0, 0.05) is 33.9 Å². The fraction of sp³-hybridized carbons (Fsp3) is 0.0800. The zero-order valence-corrected chi connectivity index (χ0v) is 21.0. The van der Waals surface area contributed by atoms with Crippen LogP contribution in [0.15, 0.2) is 71.3 Å². The summed E-state index contributed by atoms with van der Waals surface area (Å²) in [6.07, 6.45) is 1.56. The number of methoxy groups -OCH3 is 2. The van der Waals surface area contributed by atoms with Gasteiger partial charge in [-0.3, -0.25) is 15.1 Å². The highest BCUT2D eigenvalue weighted by atomic mass is 79.9. The summed E-state index contributed by atoms with van der Waals surface area (Å²) in [6, 6.07) is 16.3. The number of pyridine rings is 1. The second kappa shape index (κ2) is 10.7. The first-order valence-electron chi connectivity index (χ1n) is 10.2. The molecule has 4 rings (SSSR count). The summed E-state index contributed by atoms with van der Waals surface area (Å²) in [6.45, 7) is 0. The molecule has 0 aliphatic rings. The smallest absolute Gasteiger partial charge is 0.258 e. The Morgan fingerprint density at radius 2 is 1.71 bits per heavy atom. The lowest BCUT2D eigenvalue weighted by Crippen LogP contribution is -2.34. The van der Waals surface area contributed by atoms with E-state index in [1.54, 1.807) is 54.7 Å². The number of ether oxygens (including phenoxy) is 3. The average molecular weight is 556 g/mol. The molecule has 0 radical (unpaired) electrons. The highest BCUT2D eigenvalue weighted by Crippen LogP contribution is 2.37. The van der Waals surface area contributed by atoms with E-state index in [0.29, 0.717) is 43.9 Å². The lowest BCUT2D eigenvalue weighted by Gasteiger charge is -2.14. The van der Waals surface area contributed by atoms with Crippen molar-refractivity contribution in [3.8, 4) is 23.0 Å². The van der Waals surface area contributed by atoms with Gasteiger partial charge in [0.05, 0.1) is 25.3 Å². The predicted octanol–water partition coefficient (Wildman–Crippen LogP) is 6.07. The minimum Gasteiger partial charge on any atom is -0.493 e. The number of aromatic nitrogens is 1. The van der Waals surface area contributed by atoms with Crippen molar-refractivity contribution in [2.24, 2.45) is 0 Å². The lowest BCUT2D eigenvalue weighted by atomic mass is 10.2. The number of nitrogens with zero attached hydrogens (tertiary/aromatic N) is 1. The van der Waals surface area contributed by atoms with Gasteiger partial charge in [-0.25, -0.2) is 4.39 Å². The molecule has 0 aliphatic carbocycles. The molecule has 3 aromatic carbocycles. The number of amides is 1. The van der Waals surface area contributed by atoms with Gasteiger partial charge in [0.1, 0.15) is 5.75 Å². The molecule has 0 bridgehead atoms. The van der Waals surface area contributed by atoms with E-state index in [2.05, 4.69) is 31.5 Å². The van der Waals surface area contributed by atoms with Gasteiger partial charge < -0.3 is 19.5 Å². The van der Waals surface area contributed by atoms with E-state index in [4.69, 9.17) is 26.4 Å². The van der Waals surface area contributed by atoms with E-state index in [1.807, 2.05) is 0 Å². The maximum absolute atomic E-state index is 14.9. The molecule has 0 atom stereocenters. The Morgan fingerprint density at radius 3 is 2.43 bits per heavy atom. The minimum absolute atomic E-state index is 0.000931. The number of benzene rings is 3. The zero-order valence-electron chi connectivity index (χ0n) is 18.6. The van der Waals surface area contributed by atoms with E-state index in [-0.39, 0.29) is 10.9 Å². The number of carbonyl (C=O) groups is 1. The second-order valence-electron chi connectivity index (χ2n) is 7.17. The van der Waals surface area contributed by atoms with Crippen molar-refractivity contribution in [2.75, 3.05) is 19.5 Å². The molecule has 1 amide bonds. The quantitative estimate of drug-likeness (QED) is 0.279. The Labute approximate surface area is 214 Å². The van der Waals surface area contributed by atoms with Crippen LogP contribution in [0.1, 0.15) is 10.4 Å². The molecule has 7 nitrogen and oxygen atoms in total. The van der Waals surface area contributed by atoms with Gasteiger partial charge in [-0.15, -0.1) is 0 Å². The molecule has 4 aromatic rings. The van der Waals surface area contributed by atoms with Crippen LogP contribution < -0.4 is 24.8 Å². The number of carbonyl (C=O) groups excluding carboxylic acids is 1. The Hall–Kier alpha value is -3.76. The summed E-state index contributed by atoms with van der Waals surface area (Å²) < 4.78 is 32.0. The molecular formula is C25H19BrFN3O4S. The Morgan fingerprint density at radius 1 is 0.971 bits per heavy atom. The standard InChI is InChI=1S/C25H19BrFN3O4S/c1-32-22-12-16-19(13-23(22)33-2)28-10-9-20(16)34-21-8-7-14(11-18(21)27)29-25(35)30-24(31)15-5-3-4-6-17(15)26/h3-13H,1-2H3,(H2,29,30,31,35). The zero-order chi connectivity index (χ0) is 24.9. The summed E-state index contributed by atoms with van der Waals surface area (Å²) >= 11 is 8.52. The van der Waals surface area contributed by atoms with Crippen LogP contribution in [0.2, 0.25) is 0 Å². The summed E-state index contributed by atoms with van der Waals surface area (Å²) in [5, 5.41) is 6.02. The Kier molecular flexibility index (Phi) is 7.42. The second-order valence-corrected chi connectivity index (χ2v) is 8.43. The molecule has 0 unspecified atom stereocenters. The summed E-state index contributed by atoms with van der Waals surface area (Å²) in [5.74, 6) is 0.394. The third-order valence-electron chi connectivity index (χ3n) is 4.96. The van der Waals surface area contributed by atoms with Gasteiger partial charge in [0.25, 0.3) is 5.91 Å². The van der Waals surface area contributed by atoms with Crippen LogP contribution in [0.4, 0.5) is 10.1 Å². The van der Waals surface area contributed by atoms with E-state index < -0.39 is 11.7 Å². The maximum Gasteiger partial charge on any atom is 0.258 e. The topological polar surface area (TPSA) is 81.7 Å². The third kappa shape index (κ3) is 5.50. The van der Waals surface area contributed by atoms with Crippen LogP contribution in [-0.2, 0) is 0 Å². The van der Waals surface area contributed by atoms with Crippen molar-refractivity contribution in [2.45, 2.75) is 0 Å². The fourth-order valence-electron chi connectivity index (χ4n) is 3.29. The molecule has 0 saturated heterocycles. The molecule has 1 aromatic heterocycles. The minimum atomic E-state index is -0.625. The van der Waals surface area contributed by atoms with E-state index >= 15 is 0 Å². The van der Waals surface area contributed by atoms with Gasteiger partial charge in [-0.1, -0.05) is 12.1 Å². The molecule has 2 N–H and O–H groups in total. The van der Waals surface area contributed by atoms with Gasteiger partial charge in [-0.2, -0.15) is 0 Å². The SMILES string of the molecule is COc1cc2nccc(Oc3ccc(NC(=S)NC(=O)c4ccccc4Br)cc3F)c2cc1OC. The average Bonchev–Trinajstić information content (AvgIpc) is 2.85.